The Hall–Kier alpha value is -3.43. The molecule has 138 valence electrons. The van der Waals surface area contributed by atoms with Crippen LogP contribution in [0.2, 0.25) is 0 Å². The first kappa shape index (κ1) is 17.7. The zero-order chi connectivity index (χ0) is 19.5. The van der Waals surface area contributed by atoms with Crippen LogP contribution in [-0.2, 0) is 0 Å². The molecule has 4 aromatic rings. The number of benzene rings is 2. The molecular formula is C26H20N2Si. The third kappa shape index (κ3) is 3.41. The van der Waals surface area contributed by atoms with Crippen molar-refractivity contribution in [2.45, 2.75) is 5.54 Å². The first-order valence-electron chi connectivity index (χ1n) is 9.79. The van der Waals surface area contributed by atoms with Crippen LogP contribution in [0.25, 0.3) is 11.1 Å². The minimum Gasteiger partial charge on any atom is -0.264 e. The van der Waals surface area contributed by atoms with Gasteiger partial charge in [0.05, 0.1) is 0 Å². The summed E-state index contributed by atoms with van der Waals surface area (Å²) in [4.78, 5) is 8.83. The smallest absolute Gasteiger partial charge is 0.0342 e. The Bertz CT molecular complexity index is 1170. The zero-order valence-electron chi connectivity index (χ0n) is 15.9. The summed E-state index contributed by atoms with van der Waals surface area (Å²) >= 11 is 0. The molecule has 0 bridgehead atoms. The van der Waals surface area contributed by atoms with Gasteiger partial charge >= 0.3 is 0 Å². The third-order valence-electron chi connectivity index (χ3n) is 5.35. The number of pyridine rings is 2. The maximum absolute atomic E-state index is 4.42. The monoisotopic (exact) mass is 388 g/mol. The van der Waals surface area contributed by atoms with Gasteiger partial charge in [-0.25, -0.2) is 0 Å². The van der Waals surface area contributed by atoms with Crippen LogP contribution in [0.5, 0.6) is 0 Å². The third-order valence-corrected chi connectivity index (χ3v) is 7.35. The fourth-order valence-corrected chi connectivity index (χ4v) is 6.18. The molecule has 2 aromatic carbocycles. The van der Waals surface area contributed by atoms with Gasteiger partial charge in [-0.15, -0.1) is 0 Å². The highest BCUT2D eigenvalue weighted by molar-refractivity contribution is 6.76. The molecule has 1 unspecified atom stereocenters. The standard InChI is InChI=1S/C26H20N2Si/c1-3-9-19(10-4-1)23-24(20-11-5-2-6-12-20)26(22-14-8-16-28-18-22)29-25(23)21-13-7-15-27-17-21/h1-18,25,29H. The van der Waals surface area contributed by atoms with Crippen molar-refractivity contribution in [3.05, 3.63) is 132 Å². The minimum atomic E-state index is -0.0126. The Morgan fingerprint density at radius 1 is 0.586 bits per heavy atom. The lowest BCUT2D eigenvalue weighted by Crippen LogP contribution is -2.07. The molecule has 1 aliphatic rings. The minimum absolute atomic E-state index is 0.0126. The predicted molar refractivity (Wildman–Crippen MR) is 122 cm³/mol. The molecule has 29 heavy (non-hydrogen) atoms. The fourth-order valence-electron chi connectivity index (χ4n) is 4.08. The molecule has 0 saturated heterocycles. The highest BCUT2D eigenvalue weighted by Crippen LogP contribution is 2.42. The molecule has 1 aliphatic heterocycles. The summed E-state index contributed by atoms with van der Waals surface area (Å²) in [7, 11) is -0.0126. The maximum atomic E-state index is 4.42. The molecule has 0 fully saturated rings. The fraction of sp³-hybridized carbons (Fsp3) is 0.0385. The molecule has 0 aliphatic carbocycles. The molecule has 0 saturated carbocycles. The van der Waals surface area contributed by atoms with E-state index >= 15 is 0 Å². The van der Waals surface area contributed by atoms with E-state index in [0.29, 0.717) is 5.54 Å². The van der Waals surface area contributed by atoms with Crippen molar-refractivity contribution in [2.24, 2.45) is 0 Å². The lowest BCUT2D eigenvalue weighted by Gasteiger charge is -2.18. The Morgan fingerprint density at radius 3 is 1.83 bits per heavy atom. The SMILES string of the molecule is c1ccc(C2=C(c3ccccc3)C(c3cccnc3)[SiH]=C2c2cccnc2)cc1. The summed E-state index contributed by atoms with van der Waals surface area (Å²) in [5, 5.41) is 1.43. The molecule has 1 atom stereocenters. The highest BCUT2D eigenvalue weighted by Gasteiger charge is 2.30. The van der Waals surface area contributed by atoms with Crippen LogP contribution in [0.4, 0.5) is 0 Å². The van der Waals surface area contributed by atoms with E-state index in [-0.39, 0.29) is 9.13 Å². The Balaban J connectivity index is 1.81. The van der Waals surface area contributed by atoms with Gasteiger partial charge in [-0.05, 0) is 50.7 Å². The Labute approximate surface area is 173 Å². The van der Waals surface area contributed by atoms with Crippen molar-refractivity contribution in [1.82, 2.24) is 9.97 Å². The van der Waals surface area contributed by atoms with Crippen LogP contribution in [0.15, 0.2) is 110 Å². The largest absolute Gasteiger partial charge is 0.264 e. The second-order valence-electron chi connectivity index (χ2n) is 7.11. The van der Waals surface area contributed by atoms with Gasteiger partial charge in [-0.2, -0.15) is 0 Å². The molecular weight excluding hydrogens is 368 g/mol. The van der Waals surface area contributed by atoms with E-state index < -0.39 is 0 Å². The molecule has 0 radical (unpaired) electrons. The van der Waals surface area contributed by atoms with Crippen molar-refractivity contribution < 1.29 is 0 Å². The van der Waals surface area contributed by atoms with Crippen LogP contribution in [-0.4, -0.2) is 24.3 Å². The van der Waals surface area contributed by atoms with E-state index in [1.54, 1.807) is 0 Å². The summed E-state index contributed by atoms with van der Waals surface area (Å²) in [6.07, 6.45) is 7.72. The molecule has 0 spiro atoms. The molecule has 5 rings (SSSR count). The van der Waals surface area contributed by atoms with Crippen LogP contribution in [0.3, 0.4) is 0 Å². The van der Waals surface area contributed by atoms with Gasteiger partial charge in [-0.3, -0.25) is 9.97 Å². The van der Waals surface area contributed by atoms with Crippen molar-refractivity contribution >= 4 is 25.4 Å². The predicted octanol–water partition coefficient (Wildman–Crippen LogP) is 4.80. The van der Waals surface area contributed by atoms with Gasteiger partial charge in [-0.1, -0.05) is 72.8 Å². The lowest BCUT2D eigenvalue weighted by molar-refractivity contribution is 1.17. The summed E-state index contributed by atoms with van der Waals surface area (Å²) in [6.45, 7) is 0. The summed E-state index contributed by atoms with van der Waals surface area (Å²) in [5.41, 5.74) is 8.16. The normalized spacial score (nSPS) is 16.0. The average molecular weight is 389 g/mol. The summed E-state index contributed by atoms with van der Waals surface area (Å²) < 4.78 is 0. The summed E-state index contributed by atoms with van der Waals surface area (Å²) in [5.74, 6) is 0. The lowest BCUT2D eigenvalue weighted by atomic mass is 9.87. The van der Waals surface area contributed by atoms with Crippen molar-refractivity contribution in [1.29, 1.82) is 0 Å². The topological polar surface area (TPSA) is 25.8 Å². The van der Waals surface area contributed by atoms with E-state index in [9.17, 15) is 0 Å². The van der Waals surface area contributed by atoms with E-state index in [0.717, 1.165) is 0 Å². The summed E-state index contributed by atoms with van der Waals surface area (Å²) in [6, 6.07) is 30.0. The maximum Gasteiger partial charge on any atom is 0.0342 e. The number of aromatic nitrogens is 2. The first-order valence-corrected chi connectivity index (χ1v) is 11.0. The van der Waals surface area contributed by atoms with E-state index in [1.165, 1.54) is 38.6 Å². The number of rotatable bonds is 4. The van der Waals surface area contributed by atoms with Gasteiger partial charge in [0.25, 0.3) is 0 Å². The van der Waals surface area contributed by atoms with Crippen LogP contribution in [0.1, 0.15) is 27.8 Å². The molecule has 3 heterocycles. The quantitative estimate of drug-likeness (QED) is 0.469. The molecule has 0 amide bonds. The highest BCUT2D eigenvalue weighted by atomic mass is 28.2. The van der Waals surface area contributed by atoms with Crippen LogP contribution < -0.4 is 0 Å². The first-order chi connectivity index (χ1) is 14.4. The number of allylic oxidation sites excluding steroid dienone is 2. The Morgan fingerprint density at radius 2 is 1.21 bits per heavy atom. The van der Waals surface area contributed by atoms with Crippen molar-refractivity contribution in [3.63, 3.8) is 0 Å². The average Bonchev–Trinajstić information content (AvgIpc) is 3.22. The van der Waals surface area contributed by atoms with E-state index in [4.69, 9.17) is 0 Å². The van der Waals surface area contributed by atoms with Gasteiger partial charge in [0, 0.05) is 39.5 Å². The van der Waals surface area contributed by atoms with Gasteiger partial charge < -0.3 is 0 Å². The number of hydrogen-bond donors (Lipinski definition) is 0. The molecule has 2 aromatic heterocycles. The zero-order valence-corrected chi connectivity index (χ0v) is 17.1. The van der Waals surface area contributed by atoms with Gasteiger partial charge in [0.2, 0.25) is 0 Å². The van der Waals surface area contributed by atoms with Crippen molar-refractivity contribution in [2.75, 3.05) is 0 Å². The molecule has 2 nitrogen and oxygen atoms in total. The van der Waals surface area contributed by atoms with Gasteiger partial charge in [0.1, 0.15) is 0 Å². The van der Waals surface area contributed by atoms with Crippen LogP contribution in [0, 0.1) is 0 Å². The van der Waals surface area contributed by atoms with E-state index in [1.807, 2.05) is 36.9 Å². The second-order valence-corrected chi connectivity index (χ2v) is 8.68. The molecule has 0 N–H and O–H groups in total. The van der Waals surface area contributed by atoms with Crippen LogP contribution >= 0.6 is 0 Å². The van der Waals surface area contributed by atoms with Crippen molar-refractivity contribution in [3.8, 4) is 0 Å². The molecule has 3 heteroatoms. The second kappa shape index (κ2) is 7.90. The number of nitrogens with zero attached hydrogens (tertiary/aromatic N) is 2. The Kier molecular flexibility index (Phi) is 4.81. The van der Waals surface area contributed by atoms with Gasteiger partial charge in [0.15, 0.2) is 0 Å². The van der Waals surface area contributed by atoms with E-state index in [2.05, 4.69) is 82.8 Å². The number of hydrogen-bond acceptors (Lipinski definition) is 2.